The van der Waals surface area contributed by atoms with Crippen LogP contribution in [0.4, 0.5) is 0 Å². The molecule has 0 amide bonds. The zero-order chi connectivity index (χ0) is 10.8. The van der Waals surface area contributed by atoms with Gasteiger partial charge in [-0.1, -0.05) is 6.42 Å². The van der Waals surface area contributed by atoms with Crippen molar-refractivity contribution in [2.45, 2.75) is 31.7 Å². The van der Waals surface area contributed by atoms with Crippen molar-refractivity contribution in [1.82, 2.24) is 16.1 Å². The first-order chi connectivity index (χ1) is 7.43. The van der Waals surface area contributed by atoms with Gasteiger partial charge in [-0.3, -0.25) is 4.99 Å². The van der Waals surface area contributed by atoms with E-state index in [1.165, 1.54) is 25.8 Å². The first-order valence-corrected chi connectivity index (χ1v) is 5.82. The third kappa shape index (κ3) is 6.43. The second-order valence-electron chi connectivity index (χ2n) is 3.91. The van der Waals surface area contributed by atoms with E-state index in [0.29, 0.717) is 6.04 Å². The molecule has 5 nitrogen and oxygen atoms in total. The van der Waals surface area contributed by atoms with Crippen molar-refractivity contribution in [1.29, 1.82) is 0 Å². The number of hydrazine groups is 1. The predicted molar refractivity (Wildman–Crippen MR) is 63.8 cm³/mol. The van der Waals surface area contributed by atoms with E-state index in [1.54, 1.807) is 6.34 Å². The lowest BCUT2D eigenvalue weighted by Crippen LogP contribution is -2.31. The molecule has 5 N–H and O–H groups in total. The molecule has 5 heteroatoms. The van der Waals surface area contributed by atoms with Gasteiger partial charge in [-0.05, 0) is 32.4 Å². The van der Waals surface area contributed by atoms with Crippen LogP contribution in [0.3, 0.4) is 0 Å². The molecule has 1 heterocycles. The van der Waals surface area contributed by atoms with Crippen molar-refractivity contribution in [2.75, 3.05) is 26.2 Å². The van der Waals surface area contributed by atoms with Crippen LogP contribution in [0.15, 0.2) is 4.99 Å². The highest BCUT2D eigenvalue weighted by Gasteiger charge is 2.12. The molecule has 1 rings (SSSR count). The number of aliphatic imine (C=N–C) groups is 1. The molecule has 1 fully saturated rings. The molecular weight excluding hydrogens is 190 g/mol. The Morgan fingerprint density at radius 2 is 2.33 bits per heavy atom. The van der Waals surface area contributed by atoms with Crippen LogP contribution in [0.5, 0.6) is 0 Å². The van der Waals surface area contributed by atoms with Crippen molar-refractivity contribution >= 4 is 6.34 Å². The number of hydrogen-bond acceptors (Lipinski definition) is 4. The van der Waals surface area contributed by atoms with Crippen LogP contribution in [-0.2, 0) is 0 Å². The summed E-state index contributed by atoms with van der Waals surface area (Å²) in [4.78, 5) is 4.07. The summed E-state index contributed by atoms with van der Waals surface area (Å²) in [5.74, 6) is 5.05. The fourth-order valence-corrected chi connectivity index (χ4v) is 1.76. The van der Waals surface area contributed by atoms with Crippen molar-refractivity contribution in [3.05, 3.63) is 0 Å². The third-order valence-corrected chi connectivity index (χ3v) is 2.62. The Balaban J connectivity index is 1.78. The predicted octanol–water partition coefficient (Wildman–Crippen LogP) is -0.400. The quantitative estimate of drug-likeness (QED) is 0.145. The molecule has 1 aliphatic heterocycles. The average molecular weight is 213 g/mol. The van der Waals surface area contributed by atoms with E-state index in [4.69, 9.17) is 5.84 Å². The number of hydrogen-bond donors (Lipinski definition) is 4. The lowest BCUT2D eigenvalue weighted by molar-refractivity contribution is 0.522. The van der Waals surface area contributed by atoms with Gasteiger partial charge >= 0.3 is 0 Å². The first kappa shape index (κ1) is 12.4. The molecule has 0 aromatic carbocycles. The van der Waals surface area contributed by atoms with Gasteiger partial charge in [0.2, 0.25) is 0 Å². The largest absolute Gasteiger partial charge is 0.315 e. The molecular formula is C10H23N5. The smallest absolute Gasteiger partial charge is 0.0964 e. The van der Waals surface area contributed by atoms with Gasteiger partial charge < -0.3 is 16.1 Å². The lowest BCUT2D eigenvalue weighted by Gasteiger charge is -2.10. The Morgan fingerprint density at radius 1 is 1.40 bits per heavy atom. The second-order valence-corrected chi connectivity index (χ2v) is 3.91. The van der Waals surface area contributed by atoms with E-state index in [-0.39, 0.29) is 0 Å². The molecule has 0 radical (unpaired) electrons. The summed E-state index contributed by atoms with van der Waals surface area (Å²) < 4.78 is 0. The minimum atomic E-state index is 0.699. The summed E-state index contributed by atoms with van der Waals surface area (Å²) in [7, 11) is 0. The Hall–Kier alpha value is -0.650. The number of nitrogens with two attached hydrogens (primary N) is 1. The van der Waals surface area contributed by atoms with Crippen molar-refractivity contribution in [3.63, 3.8) is 0 Å². The average Bonchev–Trinajstić information content (AvgIpc) is 2.75. The van der Waals surface area contributed by atoms with E-state index in [0.717, 1.165) is 26.1 Å². The van der Waals surface area contributed by atoms with Crippen LogP contribution in [-0.4, -0.2) is 38.6 Å². The fourth-order valence-electron chi connectivity index (χ4n) is 1.76. The van der Waals surface area contributed by atoms with Gasteiger partial charge in [0, 0.05) is 19.1 Å². The van der Waals surface area contributed by atoms with Crippen LogP contribution in [0.1, 0.15) is 25.7 Å². The van der Waals surface area contributed by atoms with Gasteiger partial charge in [0.15, 0.2) is 0 Å². The molecule has 1 aliphatic rings. The number of nitrogens with zero attached hydrogens (tertiary/aromatic N) is 1. The minimum absolute atomic E-state index is 0.699. The first-order valence-electron chi connectivity index (χ1n) is 5.82. The van der Waals surface area contributed by atoms with E-state index in [1.807, 2.05) is 0 Å². The molecule has 88 valence electrons. The van der Waals surface area contributed by atoms with Crippen molar-refractivity contribution in [3.8, 4) is 0 Å². The molecule has 0 spiro atoms. The summed E-state index contributed by atoms with van der Waals surface area (Å²) in [6, 6.07) is 0.699. The fraction of sp³-hybridized carbons (Fsp3) is 0.900. The highest BCUT2D eigenvalue weighted by molar-refractivity contribution is 5.52. The van der Waals surface area contributed by atoms with Gasteiger partial charge in [0.1, 0.15) is 0 Å². The van der Waals surface area contributed by atoms with E-state index >= 15 is 0 Å². The maximum Gasteiger partial charge on any atom is 0.0964 e. The molecule has 0 aromatic rings. The Kier molecular flexibility index (Phi) is 7.16. The van der Waals surface area contributed by atoms with Gasteiger partial charge in [0.05, 0.1) is 6.34 Å². The second kappa shape index (κ2) is 8.64. The molecule has 0 bridgehead atoms. The SMILES string of the molecule is NNC=NCCCCCNC1CCNC1. The van der Waals surface area contributed by atoms with Crippen LogP contribution in [0, 0.1) is 0 Å². The normalized spacial score (nSPS) is 21.3. The summed E-state index contributed by atoms with van der Waals surface area (Å²) in [6.45, 7) is 4.30. The van der Waals surface area contributed by atoms with Gasteiger partial charge in [0.25, 0.3) is 0 Å². The monoisotopic (exact) mass is 213 g/mol. The molecule has 0 aliphatic carbocycles. The van der Waals surface area contributed by atoms with Crippen molar-refractivity contribution in [2.24, 2.45) is 10.8 Å². The highest BCUT2D eigenvalue weighted by Crippen LogP contribution is 1.99. The van der Waals surface area contributed by atoms with Gasteiger partial charge in [-0.15, -0.1) is 0 Å². The number of unbranched alkanes of at least 4 members (excludes halogenated alkanes) is 2. The van der Waals surface area contributed by atoms with E-state index < -0.39 is 0 Å². The van der Waals surface area contributed by atoms with E-state index in [9.17, 15) is 0 Å². The summed E-state index contributed by atoms with van der Waals surface area (Å²) in [5.41, 5.74) is 2.40. The zero-order valence-electron chi connectivity index (χ0n) is 9.34. The topological polar surface area (TPSA) is 74.5 Å². The zero-order valence-corrected chi connectivity index (χ0v) is 9.34. The van der Waals surface area contributed by atoms with Gasteiger partial charge in [-0.2, -0.15) is 0 Å². The van der Waals surface area contributed by atoms with Crippen LogP contribution in [0.25, 0.3) is 0 Å². The molecule has 15 heavy (non-hydrogen) atoms. The maximum absolute atomic E-state index is 5.05. The Morgan fingerprint density at radius 3 is 3.07 bits per heavy atom. The standard InChI is InChI=1S/C10H23N5/c11-15-9-13-5-2-1-3-6-14-10-4-7-12-8-10/h9-10,12,14H,1-8,11H2,(H,13,15). The van der Waals surface area contributed by atoms with E-state index in [2.05, 4.69) is 21.1 Å². The summed E-state index contributed by atoms with van der Waals surface area (Å²) in [6.07, 6.45) is 6.43. The molecule has 1 saturated heterocycles. The minimum Gasteiger partial charge on any atom is -0.315 e. The third-order valence-electron chi connectivity index (χ3n) is 2.62. The summed E-state index contributed by atoms with van der Waals surface area (Å²) >= 11 is 0. The maximum atomic E-state index is 5.05. The Bertz CT molecular complexity index is 165. The van der Waals surface area contributed by atoms with Crippen LogP contribution < -0.4 is 21.9 Å². The molecule has 1 atom stereocenters. The number of nitrogens with one attached hydrogen (secondary N) is 3. The molecule has 0 aromatic heterocycles. The molecule has 0 saturated carbocycles. The Labute approximate surface area is 91.9 Å². The van der Waals surface area contributed by atoms with Crippen LogP contribution >= 0.6 is 0 Å². The van der Waals surface area contributed by atoms with Crippen molar-refractivity contribution < 1.29 is 0 Å². The molecule has 1 unspecified atom stereocenters. The number of rotatable bonds is 8. The van der Waals surface area contributed by atoms with Gasteiger partial charge in [-0.25, -0.2) is 5.84 Å². The van der Waals surface area contributed by atoms with Crippen LogP contribution in [0.2, 0.25) is 0 Å². The highest BCUT2D eigenvalue weighted by atomic mass is 15.2. The summed E-state index contributed by atoms with van der Waals surface area (Å²) in [5, 5.41) is 6.90. The lowest BCUT2D eigenvalue weighted by atomic mass is 10.2.